The van der Waals surface area contributed by atoms with Crippen LogP contribution in [-0.2, 0) is 19.6 Å². The van der Waals surface area contributed by atoms with Crippen molar-refractivity contribution >= 4 is 0 Å². The van der Waals surface area contributed by atoms with Gasteiger partial charge in [0.2, 0.25) is 0 Å². The first kappa shape index (κ1) is 13.8. The highest BCUT2D eigenvalue weighted by Crippen LogP contribution is 2.16. The molecule has 0 bridgehead atoms. The van der Waals surface area contributed by atoms with Gasteiger partial charge in [-0.05, 0) is 42.2 Å². The van der Waals surface area contributed by atoms with E-state index in [4.69, 9.17) is 0 Å². The van der Waals surface area contributed by atoms with Crippen molar-refractivity contribution in [1.82, 2.24) is 4.57 Å². The van der Waals surface area contributed by atoms with Crippen LogP contribution >= 0.6 is 0 Å². The van der Waals surface area contributed by atoms with Gasteiger partial charge in [0.25, 0.3) is 0 Å². The van der Waals surface area contributed by atoms with Crippen LogP contribution in [0.2, 0.25) is 0 Å². The first-order valence-corrected chi connectivity index (χ1v) is 6.62. The van der Waals surface area contributed by atoms with Crippen molar-refractivity contribution in [2.24, 2.45) is 5.92 Å². The van der Waals surface area contributed by atoms with E-state index in [2.05, 4.69) is 24.5 Å². The van der Waals surface area contributed by atoms with Gasteiger partial charge in [0.1, 0.15) is 5.82 Å². The standard InChI is InChI=1S/C16H20FNO/c1-12(2)9-15-7-8-16(11-19)18(15)10-13-3-5-14(17)6-4-13/h3-8,12,19H,9-11H2,1-2H3. The monoisotopic (exact) mass is 261 g/mol. The fraction of sp³-hybridized carbons (Fsp3) is 0.375. The fourth-order valence-corrected chi connectivity index (χ4v) is 2.27. The summed E-state index contributed by atoms with van der Waals surface area (Å²) in [4.78, 5) is 0. The summed E-state index contributed by atoms with van der Waals surface area (Å²) >= 11 is 0. The number of aromatic nitrogens is 1. The molecule has 0 fully saturated rings. The van der Waals surface area contributed by atoms with Crippen LogP contribution in [0.15, 0.2) is 36.4 Å². The summed E-state index contributed by atoms with van der Waals surface area (Å²) in [5.41, 5.74) is 3.15. The van der Waals surface area contributed by atoms with Crippen molar-refractivity contribution in [3.05, 3.63) is 59.2 Å². The molecule has 1 N–H and O–H groups in total. The molecule has 1 aromatic carbocycles. The van der Waals surface area contributed by atoms with E-state index in [0.717, 1.165) is 17.7 Å². The Hall–Kier alpha value is -1.61. The fourth-order valence-electron chi connectivity index (χ4n) is 2.27. The number of halogens is 1. The molecule has 0 atom stereocenters. The van der Waals surface area contributed by atoms with E-state index in [9.17, 15) is 9.50 Å². The van der Waals surface area contributed by atoms with E-state index in [-0.39, 0.29) is 12.4 Å². The second kappa shape index (κ2) is 6.02. The van der Waals surface area contributed by atoms with E-state index < -0.39 is 0 Å². The zero-order chi connectivity index (χ0) is 13.8. The van der Waals surface area contributed by atoms with Gasteiger partial charge < -0.3 is 9.67 Å². The lowest BCUT2D eigenvalue weighted by atomic mass is 10.1. The predicted molar refractivity (Wildman–Crippen MR) is 74.4 cm³/mol. The van der Waals surface area contributed by atoms with E-state index >= 15 is 0 Å². The number of benzene rings is 1. The molecule has 0 radical (unpaired) electrons. The molecule has 0 aliphatic carbocycles. The third-order valence-electron chi connectivity index (χ3n) is 3.19. The van der Waals surface area contributed by atoms with Gasteiger partial charge in [-0.25, -0.2) is 4.39 Å². The van der Waals surface area contributed by atoms with Crippen LogP contribution in [0.25, 0.3) is 0 Å². The normalized spacial score (nSPS) is 11.2. The van der Waals surface area contributed by atoms with Crippen molar-refractivity contribution in [3.8, 4) is 0 Å². The highest BCUT2D eigenvalue weighted by molar-refractivity contribution is 5.22. The van der Waals surface area contributed by atoms with Crippen molar-refractivity contribution < 1.29 is 9.50 Å². The quantitative estimate of drug-likeness (QED) is 0.877. The van der Waals surface area contributed by atoms with E-state index in [1.165, 1.54) is 17.8 Å². The summed E-state index contributed by atoms with van der Waals surface area (Å²) in [6.45, 7) is 5.05. The van der Waals surface area contributed by atoms with Gasteiger partial charge in [-0.2, -0.15) is 0 Å². The van der Waals surface area contributed by atoms with Gasteiger partial charge in [0.15, 0.2) is 0 Å². The molecule has 1 aromatic heterocycles. The first-order valence-electron chi connectivity index (χ1n) is 6.62. The SMILES string of the molecule is CC(C)Cc1ccc(CO)n1Cc1ccc(F)cc1. The lowest BCUT2D eigenvalue weighted by Gasteiger charge is -2.14. The smallest absolute Gasteiger partial charge is 0.123 e. The predicted octanol–water partition coefficient (Wildman–Crippen LogP) is 3.37. The largest absolute Gasteiger partial charge is 0.390 e. The highest BCUT2D eigenvalue weighted by Gasteiger charge is 2.09. The van der Waals surface area contributed by atoms with Crippen molar-refractivity contribution in [2.45, 2.75) is 33.4 Å². The molecule has 0 saturated carbocycles. The van der Waals surface area contributed by atoms with Gasteiger partial charge in [-0.3, -0.25) is 0 Å². The van der Waals surface area contributed by atoms with Gasteiger partial charge in [0.05, 0.1) is 6.61 Å². The molecule has 0 aliphatic heterocycles. The Morgan fingerprint density at radius 1 is 1.05 bits per heavy atom. The summed E-state index contributed by atoms with van der Waals surface area (Å²) in [5.74, 6) is 0.342. The number of aliphatic hydroxyl groups is 1. The zero-order valence-electron chi connectivity index (χ0n) is 11.4. The minimum absolute atomic E-state index is 0.0271. The van der Waals surface area contributed by atoms with Crippen LogP contribution < -0.4 is 0 Å². The highest BCUT2D eigenvalue weighted by atomic mass is 19.1. The summed E-state index contributed by atoms with van der Waals surface area (Å²) in [6, 6.07) is 10.5. The van der Waals surface area contributed by atoms with Crippen LogP contribution in [0, 0.1) is 11.7 Å². The van der Waals surface area contributed by atoms with Gasteiger partial charge in [-0.15, -0.1) is 0 Å². The van der Waals surface area contributed by atoms with Crippen LogP contribution in [-0.4, -0.2) is 9.67 Å². The molecule has 2 aromatic rings. The number of rotatable bonds is 5. The van der Waals surface area contributed by atoms with E-state index in [1.807, 2.05) is 6.07 Å². The molecule has 19 heavy (non-hydrogen) atoms. The molecule has 0 spiro atoms. The minimum Gasteiger partial charge on any atom is -0.390 e. The number of hydrogen-bond acceptors (Lipinski definition) is 1. The second-order valence-electron chi connectivity index (χ2n) is 5.28. The van der Waals surface area contributed by atoms with Crippen LogP contribution in [0.4, 0.5) is 4.39 Å². The lowest BCUT2D eigenvalue weighted by Crippen LogP contribution is -2.10. The number of aliphatic hydroxyl groups excluding tert-OH is 1. The molecular weight excluding hydrogens is 241 g/mol. The second-order valence-corrected chi connectivity index (χ2v) is 5.28. The lowest BCUT2D eigenvalue weighted by molar-refractivity contribution is 0.271. The van der Waals surface area contributed by atoms with Crippen molar-refractivity contribution in [1.29, 1.82) is 0 Å². The number of nitrogens with zero attached hydrogens (tertiary/aromatic N) is 1. The van der Waals surface area contributed by atoms with Gasteiger partial charge in [-0.1, -0.05) is 26.0 Å². The Morgan fingerprint density at radius 3 is 2.26 bits per heavy atom. The summed E-state index contributed by atoms with van der Waals surface area (Å²) in [6.07, 6.45) is 0.973. The van der Waals surface area contributed by atoms with Crippen LogP contribution in [0.3, 0.4) is 0 Å². The molecule has 1 heterocycles. The minimum atomic E-state index is -0.221. The molecule has 0 aliphatic rings. The van der Waals surface area contributed by atoms with Gasteiger partial charge in [0, 0.05) is 17.9 Å². The molecule has 2 nitrogen and oxygen atoms in total. The maximum Gasteiger partial charge on any atom is 0.123 e. The molecule has 0 amide bonds. The summed E-state index contributed by atoms with van der Waals surface area (Å²) in [7, 11) is 0. The van der Waals surface area contributed by atoms with Crippen LogP contribution in [0.1, 0.15) is 30.8 Å². The molecular formula is C16H20FNO. The maximum atomic E-state index is 12.9. The average molecular weight is 261 g/mol. The maximum absolute atomic E-state index is 12.9. The topological polar surface area (TPSA) is 25.2 Å². The van der Waals surface area contributed by atoms with Crippen molar-refractivity contribution in [2.75, 3.05) is 0 Å². The summed E-state index contributed by atoms with van der Waals surface area (Å²) in [5, 5.41) is 9.41. The van der Waals surface area contributed by atoms with Crippen molar-refractivity contribution in [3.63, 3.8) is 0 Å². The first-order chi connectivity index (χ1) is 9.10. The molecule has 0 saturated heterocycles. The zero-order valence-corrected chi connectivity index (χ0v) is 11.4. The Balaban J connectivity index is 2.26. The van der Waals surface area contributed by atoms with Gasteiger partial charge >= 0.3 is 0 Å². The third kappa shape index (κ3) is 3.44. The Kier molecular flexibility index (Phi) is 4.38. The Bertz CT molecular complexity index is 528. The average Bonchev–Trinajstić information content (AvgIpc) is 2.74. The number of hydrogen-bond donors (Lipinski definition) is 1. The van der Waals surface area contributed by atoms with E-state index in [1.54, 1.807) is 12.1 Å². The molecule has 2 rings (SSSR count). The summed E-state index contributed by atoms with van der Waals surface area (Å²) < 4.78 is 15.0. The van der Waals surface area contributed by atoms with E-state index in [0.29, 0.717) is 12.5 Å². The Morgan fingerprint density at radius 2 is 1.68 bits per heavy atom. The van der Waals surface area contributed by atoms with Crippen LogP contribution in [0.5, 0.6) is 0 Å². The molecule has 3 heteroatoms. The molecule has 102 valence electrons. The third-order valence-corrected chi connectivity index (χ3v) is 3.19. The molecule has 0 unspecified atom stereocenters. The Labute approximate surface area is 113 Å².